The van der Waals surface area contributed by atoms with E-state index in [1.807, 2.05) is 54.6 Å². The number of fused-ring (bicyclic) bond motifs is 28. The van der Waals surface area contributed by atoms with Gasteiger partial charge in [-0.3, -0.25) is 0 Å². The van der Waals surface area contributed by atoms with Crippen LogP contribution in [0.2, 0.25) is 0 Å². The molecule has 0 fully saturated rings. The molecule has 0 heterocycles. The first-order valence-corrected chi connectivity index (χ1v) is 44.1. The van der Waals surface area contributed by atoms with Crippen LogP contribution in [0, 0.1) is 23.3 Å². The molecule has 0 bridgehead atoms. The molecule has 4 aliphatic carbocycles. The first-order valence-electron chi connectivity index (χ1n) is 44.1. The summed E-state index contributed by atoms with van der Waals surface area (Å²) >= 11 is 0. The maximum atomic E-state index is 15.7. The SMILES string of the molecule is CC(C)c1ccc(N(c2ccc(F)cc2)c2cc3c(c4ccccc24)-c2c(cc(N(c4ccc(F)cc4)c4ccc(C(C)Cc5cccc(N(c6ccc(F)cc6)c6cc7c(c8ccccc68)-c6c(cc(N(c8ccccc8)c8ccc(F)cc8)c8ccccc68)C76c7ccccc7-c7ccccc76)c5)cc4)c4ccccc24)C32c3ccccc3-c3ccccc32)cc1. The van der Waals surface area contributed by atoms with E-state index in [9.17, 15) is 0 Å². The average molecular weight is 1660 g/mol. The fraction of sp³-hybridized carbons (Fsp3) is 0.0667. The van der Waals surface area contributed by atoms with E-state index in [-0.39, 0.29) is 29.2 Å². The highest BCUT2D eigenvalue weighted by molar-refractivity contribution is 6.22. The maximum absolute atomic E-state index is 15.7. The van der Waals surface area contributed by atoms with Gasteiger partial charge < -0.3 is 19.6 Å². The summed E-state index contributed by atoms with van der Waals surface area (Å²) in [4.78, 5) is 9.22. The van der Waals surface area contributed by atoms with Crippen molar-refractivity contribution in [3.63, 3.8) is 0 Å². The minimum atomic E-state index is -0.867. The van der Waals surface area contributed by atoms with Crippen LogP contribution >= 0.6 is 0 Å². The molecule has 1 unspecified atom stereocenters. The molecule has 0 N–H and O–H groups in total. The first-order chi connectivity index (χ1) is 62.9. The highest BCUT2D eigenvalue weighted by atomic mass is 19.1. The Morgan fingerprint density at radius 2 is 0.453 bits per heavy atom. The van der Waals surface area contributed by atoms with Crippen molar-refractivity contribution >= 4 is 111 Å². The van der Waals surface area contributed by atoms with Crippen molar-refractivity contribution in [3.8, 4) is 44.5 Å². The summed E-state index contributed by atoms with van der Waals surface area (Å²) in [6.45, 7) is 6.72. The summed E-state index contributed by atoms with van der Waals surface area (Å²) < 4.78 is 61.8. The van der Waals surface area contributed by atoms with Crippen molar-refractivity contribution in [3.05, 3.63) is 503 Å². The van der Waals surface area contributed by atoms with Gasteiger partial charge in [0.2, 0.25) is 0 Å². The molecular formula is C120H82F4N4. The Morgan fingerprint density at radius 1 is 0.211 bits per heavy atom. The van der Waals surface area contributed by atoms with Gasteiger partial charge in [0.1, 0.15) is 23.3 Å². The van der Waals surface area contributed by atoms with Crippen LogP contribution < -0.4 is 19.6 Å². The van der Waals surface area contributed by atoms with Gasteiger partial charge in [-0.05, 0) is 315 Å². The van der Waals surface area contributed by atoms with Crippen LogP contribution in [0.15, 0.2) is 419 Å². The van der Waals surface area contributed by atoms with Gasteiger partial charge in [-0.2, -0.15) is 0 Å². The molecule has 610 valence electrons. The Bertz CT molecular complexity index is 7790. The molecule has 4 aliphatic rings. The van der Waals surface area contributed by atoms with Crippen LogP contribution in [0.4, 0.5) is 85.8 Å². The van der Waals surface area contributed by atoms with Gasteiger partial charge in [0.25, 0.3) is 0 Å². The fourth-order valence-electron chi connectivity index (χ4n) is 22.2. The van der Waals surface area contributed by atoms with Gasteiger partial charge in [-0.1, -0.05) is 269 Å². The number of nitrogens with zero attached hydrogens (tertiary/aromatic N) is 4. The zero-order valence-corrected chi connectivity index (χ0v) is 70.5. The molecule has 0 amide bonds. The van der Waals surface area contributed by atoms with Crippen molar-refractivity contribution in [2.24, 2.45) is 0 Å². The Labute approximate surface area is 741 Å². The van der Waals surface area contributed by atoms with Gasteiger partial charge >= 0.3 is 0 Å². The number of para-hydroxylation sites is 1. The summed E-state index contributed by atoms with van der Waals surface area (Å²) in [5, 5.41) is 8.51. The van der Waals surface area contributed by atoms with Crippen LogP contribution in [-0.2, 0) is 17.3 Å². The van der Waals surface area contributed by atoms with Crippen LogP contribution in [0.1, 0.15) is 93.8 Å². The topological polar surface area (TPSA) is 13.0 Å². The monoisotopic (exact) mass is 1650 g/mol. The van der Waals surface area contributed by atoms with Gasteiger partial charge in [-0.15, -0.1) is 0 Å². The van der Waals surface area contributed by atoms with Crippen LogP contribution in [-0.4, -0.2) is 0 Å². The molecule has 20 aromatic carbocycles. The predicted octanol–water partition coefficient (Wildman–Crippen LogP) is 32.9. The van der Waals surface area contributed by atoms with E-state index in [2.05, 4.69) is 356 Å². The highest BCUT2D eigenvalue weighted by Gasteiger charge is 2.56. The number of hydrogen-bond donors (Lipinski definition) is 0. The first kappa shape index (κ1) is 76.0. The van der Waals surface area contributed by atoms with E-state index in [1.54, 1.807) is 48.5 Å². The lowest BCUT2D eigenvalue weighted by Gasteiger charge is -2.34. The zero-order chi connectivity index (χ0) is 85.8. The number of rotatable bonds is 16. The fourth-order valence-corrected chi connectivity index (χ4v) is 22.2. The minimum Gasteiger partial charge on any atom is -0.310 e. The van der Waals surface area contributed by atoms with E-state index >= 15 is 17.6 Å². The molecule has 1 atom stereocenters. The van der Waals surface area contributed by atoms with Crippen LogP contribution in [0.3, 0.4) is 0 Å². The van der Waals surface area contributed by atoms with Crippen LogP contribution in [0.5, 0.6) is 0 Å². The van der Waals surface area contributed by atoms with E-state index in [4.69, 9.17) is 0 Å². The highest BCUT2D eigenvalue weighted by Crippen LogP contribution is 2.70. The van der Waals surface area contributed by atoms with E-state index in [0.717, 1.165) is 167 Å². The molecule has 2 spiro atoms. The Morgan fingerprint density at radius 3 is 0.758 bits per heavy atom. The minimum absolute atomic E-state index is 0.0138. The molecule has 0 saturated heterocycles. The molecule has 0 saturated carbocycles. The lowest BCUT2D eigenvalue weighted by atomic mass is 9.70. The molecule has 4 nitrogen and oxygen atoms in total. The lowest BCUT2D eigenvalue weighted by molar-refractivity contribution is 0.627. The van der Waals surface area contributed by atoms with Crippen molar-refractivity contribution in [1.82, 2.24) is 0 Å². The van der Waals surface area contributed by atoms with Gasteiger partial charge in [0, 0.05) is 67.0 Å². The molecule has 128 heavy (non-hydrogen) atoms. The zero-order valence-electron chi connectivity index (χ0n) is 70.5. The molecular weight excluding hydrogens is 1570 g/mol. The average Bonchev–Trinajstić information content (AvgIpc) is 1.50. The van der Waals surface area contributed by atoms with Gasteiger partial charge in [0.05, 0.1) is 33.6 Å². The normalized spacial score (nSPS) is 13.3. The van der Waals surface area contributed by atoms with Crippen molar-refractivity contribution in [1.29, 1.82) is 0 Å². The summed E-state index contributed by atoms with van der Waals surface area (Å²) in [6.07, 6.45) is 0.680. The molecule has 0 aliphatic heterocycles. The lowest BCUT2D eigenvalue weighted by Crippen LogP contribution is -2.26. The number of hydrogen-bond acceptors (Lipinski definition) is 4. The van der Waals surface area contributed by atoms with E-state index in [1.165, 1.54) is 50.1 Å². The third kappa shape index (κ3) is 11.5. The summed E-state index contributed by atoms with van der Waals surface area (Å²) in [6, 6.07) is 145. The molecule has 0 aromatic heterocycles. The summed E-state index contributed by atoms with van der Waals surface area (Å²) in [5.41, 5.74) is 31.1. The molecule has 8 heteroatoms. The maximum Gasteiger partial charge on any atom is 0.123 e. The second-order valence-corrected chi connectivity index (χ2v) is 34.8. The Balaban J connectivity index is 0.645. The summed E-state index contributed by atoms with van der Waals surface area (Å²) in [5.74, 6) is -0.936. The Hall–Kier alpha value is -15.6. The third-order valence-electron chi connectivity index (χ3n) is 27.7. The van der Waals surface area contributed by atoms with Gasteiger partial charge in [0.15, 0.2) is 0 Å². The second-order valence-electron chi connectivity index (χ2n) is 34.8. The van der Waals surface area contributed by atoms with Crippen LogP contribution in [0.25, 0.3) is 87.6 Å². The molecule has 24 rings (SSSR count). The largest absolute Gasteiger partial charge is 0.310 e. The molecule has 20 aromatic rings. The smallest absolute Gasteiger partial charge is 0.123 e. The van der Waals surface area contributed by atoms with E-state index in [0.29, 0.717) is 12.3 Å². The van der Waals surface area contributed by atoms with E-state index < -0.39 is 10.8 Å². The predicted molar refractivity (Wildman–Crippen MR) is 520 cm³/mol. The second kappa shape index (κ2) is 29.8. The van der Waals surface area contributed by atoms with Gasteiger partial charge in [-0.25, -0.2) is 17.6 Å². The van der Waals surface area contributed by atoms with Crippen molar-refractivity contribution < 1.29 is 17.6 Å². The van der Waals surface area contributed by atoms with Crippen molar-refractivity contribution in [2.75, 3.05) is 19.6 Å². The standard InChI is InChI=1S/C120H82F4N4/c1-74(2)77-44-56-84(57-45-77)126(87-62-50-80(122)51-63-87)112-71-108-116(100-37-12-8-33-96(100)112)117-101-38-13-9-34-97(101)113(72-109(117)119(108)103-40-19-15-28-91(103)92-29-16-20-41-104(92)119)127(88-64-52-81(123)53-65-88)85-58-46-78(47-59-85)75(3)68-76-24-23-27-90(69-76)128(89-66-54-82(124)55-67-89)114-73-110-118(102-39-14-10-35-98(102)114)115-99-36-11-7-32-95(99)111(125(83-25-5-4-6-26-83)86-60-48-79(121)49-61-86)70-107(115)120(110)105-42-21-17-30-93(105)94-31-18-22-43-106(94)120/h4-67,69-75H,68H2,1-3H3. The number of halogens is 4. The Kier molecular flexibility index (Phi) is 17.7. The summed E-state index contributed by atoms with van der Waals surface area (Å²) in [7, 11) is 0. The quantitative estimate of drug-likeness (QED) is 0.0894. The van der Waals surface area contributed by atoms with Crippen molar-refractivity contribution in [2.45, 2.75) is 49.9 Å². The molecule has 0 radical (unpaired) electrons. The number of anilines is 12. The third-order valence-corrected chi connectivity index (χ3v) is 27.7. The number of benzene rings is 20.